The summed E-state index contributed by atoms with van der Waals surface area (Å²) < 4.78 is 21.7. The number of fused-ring (bicyclic) bond motifs is 4. The molecular weight excluding hydrogens is 457 g/mol. The standard InChI is InChI=1S/C27H30FN7O/c1-4-36-27-31-17(3)24-26(33-27)35(25(32-24)20-11-21(28)13-29-12-20)14-19-5-6-23(30-16(19)2)22-15-34-9-7-18(22)8-10-34/h5-6,11-13,18,22H,4,7-10,14-15H2,1-3H3. The Morgan fingerprint density at radius 3 is 2.56 bits per heavy atom. The highest BCUT2D eigenvalue weighted by atomic mass is 19.1. The molecule has 1 atom stereocenters. The number of pyridine rings is 2. The van der Waals surface area contributed by atoms with E-state index in [2.05, 4.69) is 38.9 Å². The predicted molar refractivity (Wildman–Crippen MR) is 134 cm³/mol. The lowest BCUT2D eigenvalue weighted by Crippen LogP contribution is -2.46. The third kappa shape index (κ3) is 4.11. The summed E-state index contributed by atoms with van der Waals surface area (Å²) in [6.07, 6.45) is 5.34. The van der Waals surface area contributed by atoms with Gasteiger partial charge in [0.1, 0.15) is 17.2 Å². The Hall–Kier alpha value is -3.46. The van der Waals surface area contributed by atoms with E-state index in [1.165, 1.54) is 43.9 Å². The molecule has 9 heteroatoms. The molecule has 0 aliphatic carbocycles. The normalized spacial score (nSPS) is 21.3. The second kappa shape index (κ2) is 9.20. The summed E-state index contributed by atoms with van der Waals surface area (Å²) in [5.74, 6) is 1.41. The van der Waals surface area contributed by atoms with Gasteiger partial charge in [0, 0.05) is 35.6 Å². The monoisotopic (exact) mass is 487 g/mol. The van der Waals surface area contributed by atoms with Crippen molar-refractivity contribution >= 4 is 11.2 Å². The molecule has 4 aromatic rings. The number of hydrogen-bond donors (Lipinski definition) is 0. The van der Waals surface area contributed by atoms with Crippen LogP contribution in [0, 0.1) is 25.6 Å². The fourth-order valence-electron chi connectivity index (χ4n) is 5.66. The minimum Gasteiger partial charge on any atom is -0.464 e. The first-order valence-electron chi connectivity index (χ1n) is 12.7. The zero-order chi connectivity index (χ0) is 24.8. The molecule has 1 unspecified atom stereocenters. The number of aromatic nitrogens is 6. The molecule has 8 nitrogen and oxygen atoms in total. The van der Waals surface area contributed by atoms with Gasteiger partial charge in [-0.05, 0) is 70.3 Å². The highest BCUT2D eigenvalue weighted by molar-refractivity contribution is 5.79. The molecule has 3 saturated heterocycles. The molecule has 7 heterocycles. The number of halogens is 1. The van der Waals surface area contributed by atoms with Crippen LogP contribution in [0.4, 0.5) is 4.39 Å². The molecule has 3 fully saturated rings. The molecule has 7 rings (SSSR count). The molecule has 0 N–H and O–H groups in total. The van der Waals surface area contributed by atoms with E-state index in [1.54, 1.807) is 6.20 Å². The fourth-order valence-corrected chi connectivity index (χ4v) is 5.66. The Kier molecular flexibility index (Phi) is 5.87. The van der Waals surface area contributed by atoms with Crippen LogP contribution in [0.15, 0.2) is 30.6 Å². The molecule has 4 aromatic heterocycles. The average molecular weight is 488 g/mol. The van der Waals surface area contributed by atoms with Crippen LogP contribution < -0.4 is 4.74 Å². The van der Waals surface area contributed by atoms with E-state index in [0.717, 1.165) is 23.7 Å². The van der Waals surface area contributed by atoms with Gasteiger partial charge < -0.3 is 14.2 Å². The average Bonchev–Trinajstić information content (AvgIpc) is 3.25. The van der Waals surface area contributed by atoms with Crippen molar-refractivity contribution in [3.8, 4) is 17.4 Å². The number of piperidine rings is 3. The smallest absolute Gasteiger partial charge is 0.318 e. The molecule has 0 aromatic carbocycles. The van der Waals surface area contributed by atoms with Crippen LogP contribution in [-0.4, -0.2) is 60.6 Å². The summed E-state index contributed by atoms with van der Waals surface area (Å²) in [5, 5.41) is 0. The molecule has 0 saturated carbocycles. The van der Waals surface area contributed by atoms with Gasteiger partial charge in [-0.1, -0.05) is 6.07 Å². The Bertz CT molecular complexity index is 1430. The maximum absolute atomic E-state index is 14.1. The summed E-state index contributed by atoms with van der Waals surface area (Å²) in [5.41, 5.74) is 5.84. The number of imidazole rings is 1. The van der Waals surface area contributed by atoms with E-state index in [-0.39, 0.29) is 0 Å². The lowest BCUT2D eigenvalue weighted by Gasteiger charge is -2.44. The van der Waals surface area contributed by atoms with Crippen molar-refractivity contribution in [2.45, 2.75) is 46.1 Å². The van der Waals surface area contributed by atoms with Gasteiger partial charge in [-0.25, -0.2) is 9.37 Å². The zero-order valence-corrected chi connectivity index (χ0v) is 20.9. The first-order chi connectivity index (χ1) is 17.5. The van der Waals surface area contributed by atoms with E-state index >= 15 is 0 Å². The van der Waals surface area contributed by atoms with Gasteiger partial charge in [0.15, 0.2) is 5.65 Å². The van der Waals surface area contributed by atoms with Crippen molar-refractivity contribution < 1.29 is 9.13 Å². The Morgan fingerprint density at radius 1 is 1.03 bits per heavy atom. The maximum Gasteiger partial charge on any atom is 0.318 e. The van der Waals surface area contributed by atoms with E-state index in [1.807, 2.05) is 18.4 Å². The number of aryl methyl sites for hydroxylation is 2. The molecule has 2 bridgehead atoms. The van der Waals surface area contributed by atoms with E-state index in [9.17, 15) is 4.39 Å². The second-order valence-electron chi connectivity index (χ2n) is 9.84. The van der Waals surface area contributed by atoms with Gasteiger partial charge in [-0.2, -0.15) is 9.97 Å². The van der Waals surface area contributed by atoms with Crippen molar-refractivity contribution in [2.75, 3.05) is 26.2 Å². The minimum atomic E-state index is -0.413. The maximum atomic E-state index is 14.1. The van der Waals surface area contributed by atoms with Gasteiger partial charge in [-0.3, -0.25) is 9.97 Å². The number of nitrogens with zero attached hydrogens (tertiary/aromatic N) is 7. The lowest BCUT2D eigenvalue weighted by atomic mass is 9.77. The predicted octanol–water partition coefficient (Wildman–Crippen LogP) is 4.30. The first-order valence-corrected chi connectivity index (χ1v) is 12.7. The number of hydrogen-bond acceptors (Lipinski definition) is 7. The van der Waals surface area contributed by atoms with Crippen molar-refractivity contribution in [2.24, 2.45) is 5.92 Å². The summed E-state index contributed by atoms with van der Waals surface area (Å²) in [7, 11) is 0. The highest BCUT2D eigenvalue weighted by Crippen LogP contribution is 2.38. The van der Waals surface area contributed by atoms with Crippen LogP contribution in [0.25, 0.3) is 22.6 Å². The van der Waals surface area contributed by atoms with E-state index in [0.29, 0.717) is 53.3 Å². The first kappa shape index (κ1) is 23.0. The van der Waals surface area contributed by atoms with Crippen LogP contribution >= 0.6 is 0 Å². The lowest BCUT2D eigenvalue weighted by molar-refractivity contribution is 0.0854. The molecule has 3 aliphatic heterocycles. The largest absolute Gasteiger partial charge is 0.464 e. The molecule has 186 valence electrons. The molecule has 0 amide bonds. The zero-order valence-electron chi connectivity index (χ0n) is 20.9. The van der Waals surface area contributed by atoms with Gasteiger partial charge in [0.2, 0.25) is 0 Å². The van der Waals surface area contributed by atoms with Gasteiger partial charge >= 0.3 is 6.01 Å². The number of ether oxygens (including phenoxy) is 1. The van der Waals surface area contributed by atoms with Crippen molar-refractivity contribution in [1.29, 1.82) is 0 Å². The van der Waals surface area contributed by atoms with Crippen LogP contribution in [-0.2, 0) is 6.54 Å². The molecule has 0 spiro atoms. The van der Waals surface area contributed by atoms with E-state index in [4.69, 9.17) is 14.7 Å². The van der Waals surface area contributed by atoms with Gasteiger partial charge in [0.25, 0.3) is 0 Å². The number of rotatable bonds is 6. The summed E-state index contributed by atoms with van der Waals surface area (Å²) in [4.78, 5) is 25.6. The third-order valence-electron chi connectivity index (χ3n) is 7.57. The van der Waals surface area contributed by atoms with Crippen molar-refractivity contribution in [1.82, 2.24) is 34.4 Å². The second-order valence-corrected chi connectivity index (χ2v) is 9.84. The summed E-state index contributed by atoms with van der Waals surface area (Å²) in [6, 6.07) is 6.11. The quantitative estimate of drug-likeness (QED) is 0.401. The minimum absolute atomic E-state index is 0.306. The van der Waals surface area contributed by atoms with E-state index < -0.39 is 5.82 Å². The van der Waals surface area contributed by atoms with Crippen LogP contribution in [0.1, 0.15) is 48.3 Å². The van der Waals surface area contributed by atoms with Gasteiger partial charge in [0.05, 0.1) is 25.0 Å². The molecule has 36 heavy (non-hydrogen) atoms. The highest BCUT2D eigenvalue weighted by Gasteiger charge is 2.35. The Labute approximate surface area is 209 Å². The third-order valence-corrected chi connectivity index (χ3v) is 7.57. The molecular formula is C27H30FN7O. The molecule has 0 radical (unpaired) electrons. The SMILES string of the molecule is CCOc1nc(C)c2nc(-c3cncc(F)c3)n(Cc3ccc(C4CN5CCC4CC5)nc3C)c2n1. The van der Waals surface area contributed by atoms with Crippen molar-refractivity contribution in [3.63, 3.8) is 0 Å². The Balaban J connectivity index is 1.42. The summed E-state index contributed by atoms with van der Waals surface area (Å²) >= 11 is 0. The Morgan fingerprint density at radius 2 is 1.86 bits per heavy atom. The van der Waals surface area contributed by atoms with Crippen LogP contribution in [0.5, 0.6) is 6.01 Å². The van der Waals surface area contributed by atoms with Crippen LogP contribution in [0.3, 0.4) is 0 Å². The van der Waals surface area contributed by atoms with Crippen molar-refractivity contribution in [3.05, 3.63) is 59.1 Å². The van der Waals surface area contributed by atoms with Crippen LogP contribution in [0.2, 0.25) is 0 Å². The fraction of sp³-hybridized carbons (Fsp3) is 0.444. The molecule has 3 aliphatic rings. The van der Waals surface area contributed by atoms with Gasteiger partial charge in [-0.15, -0.1) is 0 Å². The summed E-state index contributed by atoms with van der Waals surface area (Å²) in [6.45, 7) is 10.3. The topological polar surface area (TPSA) is 81.9 Å².